The molecule has 2 rings (SSSR count). The maximum Gasteiger partial charge on any atom is 0.236 e. The van der Waals surface area contributed by atoms with E-state index in [1.807, 2.05) is 0 Å². The third kappa shape index (κ3) is 2.59. The number of hydrogen-bond acceptors (Lipinski definition) is 3. The first-order valence-electron chi connectivity index (χ1n) is 5.79. The number of nitrogens with zero attached hydrogens (tertiary/aromatic N) is 2. The summed E-state index contributed by atoms with van der Waals surface area (Å²) in [7, 11) is 0. The summed E-state index contributed by atoms with van der Waals surface area (Å²) in [6.07, 6.45) is 0. The highest BCUT2D eigenvalue weighted by Gasteiger charge is 2.21. The fourth-order valence-corrected chi connectivity index (χ4v) is 2.06. The van der Waals surface area contributed by atoms with Crippen LogP contribution in [0.3, 0.4) is 0 Å². The third-order valence-corrected chi connectivity index (χ3v) is 3.06. The Bertz CT molecular complexity index is 445. The van der Waals surface area contributed by atoms with Crippen LogP contribution in [0.15, 0.2) is 18.2 Å². The summed E-state index contributed by atoms with van der Waals surface area (Å²) < 4.78 is 26.4. The van der Waals surface area contributed by atoms with Gasteiger partial charge in [0, 0.05) is 32.2 Å². The summed E-state index contributed by atoms with van der Waals surface area (Å²) in [4.78, 5) is 14.8. The molecule has 0 spiro atoms. The lowest BCUT2D eigenvalue weighted by Gasteiger charge is -2.36. The van der Waals surface area contributed by atoms with Crippen molar-refractivity contribution in [1.82, 2.24) is 4.90 Å². The van der Waals surface area contributed by atoms with Gasteiger partial charge in [0.1, 0.15) is 11.6 Å². The fraction of sp³-hybridized carbons (Fsp3) is 0.417. The normalized spacial score (nSPS) is 15.9. The van der Waals surface area contributed by atoms with Gasteiger partial charge in [-0.3, -0.25) is 4.79 Å². The lowest BCUT2D eigenvalue weighted by molar-refractivity contribution is -0.129. The Labute approximate surface area is 104 Å². The average Bonchev–Trinajstić information content (AvgIpc) is 2.38. The average molecular weight is 255 g/mol. The standard InChI is InChI=1S/C12H15F2N3O/c13-9-1-2-11(10(14)7-9)16-3-5-17(6-4-16)12(18)8-15/h1-2,7H,3-6,8,15H2. The van der Waals surface area contributed by atoms with E-state index in [4.69, 9.17) is 5.73 Å². The molecule has 1 fully saturated rings. The number of nitrogens with two attached hydrogens (primary N) is 1. The molecule has 0 radical (unpaired) electrons. The summed E-state index contributed by atoms with van der Waals surface area (Å²) in [5.41, 5.74) is 5.65. The molecule has 1 aliphatic heterocycles. The zero-order valence-corrected chi connectivity index (χ0v) is 9.90. The van der Waals surface area contributed by atoms with E-state index in [2.05, 4.69) is 0 Å². The van der Waals surface area contributed by atoms with Crippen molar-refractivity contribution < 1.29 is 13.6 Å². The topological polar surface area (TPSA) is 49.6 Å². The lowest BCUT2D eigenvalue weighted by atomic mass is 10.2. The summed E-state index contributed by atoms with van der Waals surface area (Å²) in [6, 6.07) is 3.52. The predicted molar refractivity (Wildman–Crippen MR) is 64.2 cm³/mol. The number of amides is 1. The molecule has 0 aromatic heterocycles. The van der Waals surface area contributed by atoms with Crippen LogP contribution in [0.2, 0.25) is 0 Å². The van der Waals surface area contributed by atoms with Gasteiger partial charge in [-0.25, -0.2) is 8.78 Å². The van der Waals surface area contributed by atoms with Gasteiger partial charge in [0.25, 0.3) is 0 Å². The Hall–Kier alpha value is -1.69. The molecule has 0 atom stereocenters. The van der Waals surface area contributed by atoms with Gasteiger partial charge in [0.05, 0.1) is 12.2 Å². The lowest BCUT2D eigenvalue weighted by Crippen LogP contribution is -2.50. The van der Waals surface area contributed by atoms with Crippen molar-refractivity contribution in [3.63, 3.8) is 0 Å². The number of benzene rings is 1. The zero-order chi connectivity index (χ0) is 13.1. The van der Waals surface area contributed by atoms with Gasteiger partial charge in [-0.05, 0) is 12.1 Å². The quantitative estimate of drug-likeness (QED) is 0.840. The molecule has 2 N–H and O–H groups in total. The maximum absolute atomic E-state index is 13.6. The van der Waals surface area contributed by atoms with Crippen molar-refractivity contribution >= 4 is 11.6 Å². The first-order chi connectivity index (χ1) is 8.61. The molecule has 0 saturated carbocycles. The fourth-order valence-electron chi connectivity index (χ4n) is 2.06. The number of rotatable bonds is 2. The third-order valence-electron chi connectivity index (χ3n) is 3.06. The second-order valence-corrected chi connectivity index (χ2v) is 4.17. The van der Waals surface area contributed by atoms with Crippen LogP contribution in [0.5, 0.6) is 0 Å². The second-order valence-electron chi connectivity index (χ2n) is 4.17. The highest BCUT2D eigenvalue weighted by Crippen LogP contribution is 2.21. The Morgan fingerprint density at radius 3 is 2.44 bits per heavy atom. The van der Waals surface area contributed by atoms with E-state index in [1.165, 1.54) is 12.1 Å². The van der Waals surface area contributed by atoms with Crippen LogP contribution in [0.1, 0.15) is 0 Å². The first-order valence-corrected chi connectivity index (χ1v) is 5.79. The Balaban J connectivity index is 2.03. The minimum absolute atomic E-state index is 0.00902. The van der Waals surface area contributed by atoms with Crippen LogP contribution in [0.25, 0.3) is 0 Å². The molecule has 1 amide bonds. The largest absolute Gasteiger partial charge is 0.366 e. The molecule has 0 aliphatic carbocycles. The molecule has 0 unspecified atom stereocenters. The maximum atomic E-state index is 13.6. The molecule has 1 aromatic rings. The van der Waals surface area contributed by atoms with Crippen molar-refractivity contribution in [3.8, 4) is 0 Å². The van der Waals surface area contributed by atoms with Crippen LogP contribution in [-0.4, -0.2) is 43.5 Å². The minimum atomic E-state index is -0.590. The molecular weight excluding hydrogens is 240 g/mol. The van der Waals surface area contributed by atoms with E-state index in [-0.39, 0.29) is 12.5 Å². The number of anilines is 1. The van der Waals surface area contributed by atoms with Crippen LogP contribution < -0.4 is 10.6 Å². The van der Waals surface area contributed by atoms with E-state index in [0.29, 0.717) is 31.9 Å². The molecule has 4 nitrogen and oxygen atoms in total. The summed E-state index contributed by atoms with van der Waals surface area (Å²) >= 11 is 0. The van der Waals surface area contributed by atoms with Gasteiger partial charge in [-0.2, -0.15) is 0 Å². The SMILES string of the molecule is NCC(=O)N1CCN(c2ccc(F)cc2F)CC1. The van der Waals surface area contributed by atoms with Gasteiger partial charge < -0.3 is 15.5 Å². The van der Waals surface area contributed by atoms with Gasteiger partial charge in [0.15, 0.2) is 0 Å². The molecule has 0 bridgehead atoms. The smallest absolute Gasteiger partial charge is 0.236 e. The van der Waals surface area contributed by atoms with Crippen molar-refractivity contribution in [1.29, 1.82) is 0 Å². The molecule has 6 heteroatoms. The number of hydrogen-bond donors (Lipinski definition) is 1. The highest BCUT2D eigenvalue weighted by atomic mass is 19.1. The van der Waals surface area contributed by atoms with E-state index in [1.54, 1.807) is 9.80 Å². The number of piperazine rings is 1. The highest BCUT2D eigenvalue weighted by molar-refractivity contribution is 5.78. The number of carbonyl (C=O) groups is 1. The van der Waals surface area contributed by atoms with Crippen LogP contribution in [0, 0.1) is 11.6 Å². The van der Waals surface area contributed by atoms with E-state index >= 15 is 0 Å². The Morgan fingerprint density at radius 1 is 1.22 bits per heavy atom. The molecule has 1 heterocycles. The first kappa shape index (κ1) is 12.8. The molecule has 1 saturated heterocycles. The molecule has 1 aromatic carbocycles. The van der Waals surface area contributed by atoms with Crippen molar-refractivity contribution in [2.24, 2.45) is 5.73 Å². The second kappa shape index (κ2) is 5.30. The van der Waals surface area contributed by atoms with Crippen molar-refractivity contribution in [3.05, 3.63) is 29.8 Å². The Kier molecular flexibility index (Phi) is 3.76. The Morgan fingerprint density at radius 2 is 1.89 bits per heavy atom. The van der Waals surface area contributed by atoms with Crippen molar-refractivity contribution in [2.75, 3.05) is 37.6 Å². The van der Waals surface area contributed by atoms with Crippen LogP contribution in [-0.2, 0) is 4.79 Å². The summed E-state index contributed by atoms with van der Waals surface area (Å²) in [5.74, 6) is -1.27. The van der Waals surface area contributed by atoms with Gasteiger partial charge in [0.2, 0.25) is 5.91 Å². The van der Waals surface area contributed by atoms with Crippen LogP contribution >= 0.6 is 0 Å². The van der Waals surface area contributed by atoms with Gasteiger partial charge in [-0.15, -0.1) is 0 Å². The number of halogens is 2. The zero-order valence-electron chi connectivity index (χ0n) is 9.90. The van der Waals surface area contributed by atoms with E-state index in [0.717, 1.165) is 6.07 Å². The molecular formula is C12H15F2N3O. The van der Waals surface area contributed by atoms with E-state index < -0.39 is 11.6 Å². The minimum Gasteiger partial charge on any atom is -0.366 e. The van der Waals surface area contributed by atoms with Crippen molar-refractivity contribution in [2.45, 2.75) is 0 Å². The molecule has 18 heavy (non-hydrogen) atoms. The summed E-state index contributed by atoms with van der Waals surface area (Å²) in [6.45, 7) is 2.05. The van der Waals surface area contributed by atoms with Gasteiger partial charge >= 0.3 is 0 Å². The van der Waals surface area contributed by atoms with E-state index in [9.17, 15) is 13.6 Å². The summed E-state index contributed by atoms with van der Waals surface area (Å²) in [5, 5.41) is 0. The predicted octanol–water partition coefficient (Wildman–Crippen LogP) is 0.572. The van der Waals surface area contributed by atoms with Crippen LogP contribution in [0.4, 0.5) is 14.5 Å². The monoisotopic (exact) mass is 255 g/mol. The van der Waals surface area contributed by atoms with Gasteiger partial charge in [-0.1, -0.05) is 0 Å². The molecule has 98 valence electrons. The molecule has 1 aliphatic rings. The number of carbonyl (C=O) groups excluding carboxylic acids is 1.